The Kier molecular flexibility index (Phi) is 4.75. The van der Waals surface area contributed by atoms with Crippen LogP contribution in [0.4, 0.5) is 4.39 Å². The largest absolute Gasteiger partial charge is 0.492 e. The Bertz CT molecular complexity index is 432. The molecule has 17 heavy (non-hydrogen) atoms. The Balaban J connectivity index is 2.93. The molecule has 0 amide bonds. The van der Waals surface area contributed by atoms with Crippen molar-refractivity contribution in [2.24, 2.45) is 0 Å². The second kappa shape index (κ2) is 5.87. The maximum Gasteiger partial charge on any atom is 0.303 e. The third kappa shape index (κ3) is 3.33. The zero-order valence-electron chi connectivity index (χ0n) is 9.72. The van der Waals surface area contributed by atoms with E-state index in [2.05, 4.69) is 0 Å². The minimum Gasteiger partial charge on any atom is -0.492 e. The van der Waals surface area contributed by atoms with Crippen molar-refractivity contribution in [1.82, 2.24) is 0 Å². The van der Waals surface area contributed by atoms with Crippen molar-refractivity contribution in [3.8, 4) is 5.75 Å². The summed E-state index contributed by atoms with van der Waals surface area (Å²) in [5.74, 6) is -1.37. The molecule has 0 atom stereocenters. The quantitative estimate of drug-likeness (QED) is 0.884. The summed E-state index contributed by atoms with van der Waals surface area (Å²) < 4.78 is 18.8. The molecule has 1 rings (SSSR count). The average molecular weight is 261 g/mol. The van der Waals surface area contributed by atoms with E-state index >= 15 is 0 Å². The van der Waals surface area contributed by atoms with Gasteiger partial charge in [-0.3, -0.25) is 4.79 Å². The molecule has 94 valence electrons. The van der Waals surface area contributed by atoms with Crippen molar-refractivity contribution in [2.75, 3.05) is 7.11 Å². The van der Waals surface area contributed by atoms with Gasteiger partial charge in [-0.15, -0.1) is 0 Å². The Morgan fingerprint density at radius 2 is 2.24 bits per heavy atom. The number of hydrogen-bond acceptors (Lipinski definition) is 2. The number of carboxylic acid groups (broad SMARTS) is 1. The first kappa shape index (κ1) is 13.8. The molecular formula is C12H14ClFO3. The summed E-state index contributed by atoms with van der Waals surface area (Å²) in [7, 11) is 1.35. The second-order valence-corrected chi connectivity index (χ2v) is 4.14. The van der Waals surface area contributed by atoms with Crippen LogP contribution in [-0.2, 0) is 11.2 Å². The van der Waals surface area contributed by atoms with Gasteiger partial charge in [-0.25, -0.2) is 4.39 Å². The van der Waals surface area contributed by atoms with Gasteiger partial charge in [-0.2, -0.15) is 0 Å². The Labute approximate surface area is 104 Å². The highest BCUT2D eigenvalue weighted by Gasteiger charge is 2.15. The molecular weight excluding hydrogens is 247 g/mol. The van der Waals surface area contributed by atoms with E-state index in [-0.39, 0.29) is 17.2 Å². The van der Waals surface area contributed by atoms with Crippen LogP contribution in [0.5, 0.6) is 5.75 Å². The maximum absolute atomic E-state index is 13.9. The molecule has 5 heteroatoms. The molecule has 3 nitrogen and oxygen atoms in total. The summed E-state index contributed by atoms with van der Waals surface area (Å²) in [5.41, 5.74) is 1.15. The van der Waals surface area contributed by atoms with E-state index in [0.29, 0.717) is 18.4 Å². The molecule has 1 aromatic rings. The summed E-state index contributed by atoms with van der Waals surface area (Å²) in [6.45, 7) is 1.75. The first-order chi connectivity index (χ1) is 7.97. The van der Waals surface area contributed by atoms with Crippen LogP contribution in [0.1, 0.15) is 24.0 Å². The summed E-state index contributed by atoms with van der Waals surface area (Å²) in [5, 5.41) is 8.78. The fourth-order valence-corrected chi connectivity index (χ4v) is 1.82. The maximum atomic E-state index is 13.9. The van der Waals surface area contributed by atoms with E-state index in [9.17, 15) is 9.18 Å². The number of rotatable bonds is 5. The number of aryl methyl sites for hydroxylation is 2. The molecule has 0 aliphatic rings. The van der Waals surface area contributed by atoms with Crippen molar-refractivity contribution in [3.63, 3.8) is 0 Å². The standard InChI is InChI=1S/C12H14ClFO3/c1-7-6-8(4-3-5-9(15)16)11(14)12(17-2)10(7)13/h6H,3-5H2,1-2H3,(H,15,16). The zero-order chi connectivity index (χ0) is 13.0. The van der Waals surface area contributed by atoms with E-state index in [1.165, 1.54) is 7.11 Å². The molecule has 1 aromatic carbocycles. The third-order valence-electron chi connectivity index (χ3n) is 2.46. The van der Waals surface area contributed by atoms with Crippen LogP contribution in [-0.4, -0.2) is 18.2 Å². The number of hydrogen-bond donors (Lipinski definition) is 1. The van der Waals surface area contributed by atoms with Gasteiger partial charge in [0.2, 0.25) is 0 Å². The molecule has 0 bridgehead atoms. The minimum absolute atomic E-state index is 0.0173. The zero-order valence-corrected chi connectivity index (χ0v) is 10.5. The predicted octanol–water partition coefficient (Wildman–Crippen LogP) is 3.20. The first-order valence-electron chi connectivity index (χ1n) is 5.20. The average Bonchev–Trinajstić information content (AvgIpc) is 2.26. The molecule has 1 N–H and O–H groups in total. The van der Waals surface area contributed by atoms with Crippen molar-refractivity contribution in [1.29, 1.82) is 0 Å². The Morgan fingerprint density at radius 3 is 2.76 bits per heavy atom. The number of halogens is 2. The van der Waals surface area contributed by atoms with Gasteiger partial charge >= 0.3 is 5.97 Å². The normalized spacial score (nSPS) is 10.4. The third-order valence-corrected chi connectivity index (χ3v) is 2.93. The van der Waals surface area contributed by atoms with Gasteiger partial charge < -0.3 is 9.84 Å². The number of carboxylic acids is 1. The van der Waals surface area contributed by atoms with Crippen LogP contribution < -0.4 is 4.74 Å². The molecule has 0 radical (unpaired) electrons. The van der Waals surface area contributed by atoms with Crippen molar-refractivity contribution >= 4 is 17.6 Å². The van der Waals surface area contributed by atoms with Gasteiger partial charge in [0, 0.05) is 6.42 Å². The number of carbonyl (C=O) groups is 1. The van der Waals surface area contributed by atoms with E-state index in [0.717, 1.165) is 5.56 Å². The highest BCUT2D eigenvalue weighted by Crippen LogP contribution is 2.33. The van der Waals surface area contributed by atoms with E-state index in [1.54, 1.807) is 13.0 Å². The molecule has 0 aliphatic carbocycles. The van der Waals surface area contributed by atoms with Crippen molar-refractivity contribution < 1.29 is 19.0 Å². The molecule has 0 aliphatic heterocycles. The Hall–Kier alpha value is -1.29. The van der Waals surface area contributed by atoms with Crippen molar-refractivity contribution in [3.05, 3.63) is 28.0 Å². The Morgan fingerprint density at radius 1 is 1.59 bits per heavy atom. The van der Waals surface area contributed by atoms with Gasteiger partial charge in [0.1, 0.15) is 0 Å². The lowest BCUT2D eigenvalue weighted by atomic mass is 10.0. The number of methoxy groups -OCH3 is 1. The molecule has 0 fully saturated rings. The van der Waals surface area contributed by atoms with Crippen LogP contribution in [0.15, 0.2) is 6.07 Å². The predicted molar refractivity (Wildman–Crippen MR) is 63.3 cm³/mol. The monoisotopic (exact) mass is 260 g/mol. The van der Waals surface area contributed by atoms with Crippen LogP contribution in [0.2, 0.25) is 5.02 Å². The summed E-state index contributed by atoms with van der Waals surface area (Å²) in [6, 6.07) is 1.63. The first-order valence-corrected chi connectivity index (χ1v) is 5.58. The van der Waals surface area contributed by atoms with Crippen LogP contribution >= 0.6 is 11.6 Å². The molecule has 0 unspecified atom stereocenters. The van der Waals surface area contributed by atoms with Gasteiger partial charge in [0.15, 0.2) is 11.6 Å². The SMILES string of the molecule is COc1c(F)c(CCCC(=O)O)cc(C)c1Cl. The van der Waals surface area contributed by atoms with Crippen LogP contribution in [0.3, 0.4) is 0 Å². The number of benzene rings is 1. The lowest BCUT2D eigenvalue weighted by molar-refractivity contribution is -0.137. The highest BCUT2D eigenvalue weighted by atomic mass is 35.5. The molecule has 0 aromatic heterocycles. The lowest BCUT2D eigenvalue weighted by Crippen LogP contribution is -2.01. The van der Waals surface area contributed by atoms with Gasteiger partial charge in [0.25, 0.3) is 0 Å². The number of ether oxygens (including phenoxy) is 1. The summed E-state index contributed by atoms with van der Waals surface area (Å²) in [4.78, 5) is 10.4. The molecule has 0 saturated heterocycles. The van der Waals surface area contributed by atoms with E-state index in [1.807, 2.05) is 0 Å². The molecule has 0 spiro atoms. The van der Waals surface area contributed by atoms with Crippen LogP contribution in [0, 0.1) is 12.7 Å². The second-order valence-electron chi connectivity index (χ2n) is 3.76. The summed E-state index contributed by atoms with van der Waals surface area (Å²) in [6.07, 6.45) is 0.756. The van der Waals surface area contributed by atoms with E-state index in [4.69, 9.17) is 21.4 Å². The molecule has 0 heterocycles. The van der Waals surface area contributed by atoms with Gasteiger partial charge in [-0.1, -0.05) is 17.7 Å². The van der Waals surface area contributed by atoms with E-state index < -0.39 is 11.8 Å². The van der Waals surface area contributed by atoms with Gasteiger partial charge in [0.05, 0.1) is 12.1 Å². The minimum atomic E-state index is -0.886. The lowest BCUT2D eigenvalue weighted by Gasteiger charge is -2.11. The fourth-order valence-electron chi connectivity index (χ4n) is 1.60. The topological polar surface area (TPSA) is 46.5 Å². The van der Waals surface area contributed by atoms with Crippen LogP contribution in [0.25, 0.3) is 0 Å². The fraction of sp³-hybridized carbons (Fsp3) is 0.417. The van der Waals surface area contributed by atoms with Crippen molar-refractivity contribution in [2.45, 2.75) is 26.2 Å². The molecule has 0 saturated carbocycles. The highest BCUT2D eigenvalue weighted by molar-refractivity contribution is 6.32. The smallest absolute Gasteiger partial charge is 0.303 e. The summed E-state index contributed by atoms with van der Waals surface area (Å²) >= 11 is 5.90. The number of aliphatic carboxylic acids is 1. The van der Waals surface area contributed by atoms with Gasteiger partial charge in [-0.05, 0) is 30.9 Å².